The van der Waals surface area contributed by atoms with Crippen molar-refractivity contribution in [3.8, 4) is 0 Å². The highest BCUT2D eigenvalue weighted by Gasteiger charge is 2.35. The number of hydrogen-bond acceptors (Lipinski definition) is 4. The first kappa shape index (κ1) is 20.4. The van der Waals surface area contributed by atoms with Crippen LogP contribution in [0.3, 0.4) is 0 Å². The standard InChI is InChI=1S/C19H31N3O4/c1-12(2)9-16-19(26)21-14(11-23)10-15-13(7-8-20-18(15)25)5-3-4-6-17(24)22-16/h11-16H,3-10H2,1-2H3,(H,20,25)(H,21,26)(H,22,24)/t13-,14-,15-,16-/m0/s1. The molecule has 26 heavy (non-hydrogen) atoms. The van der Waals surface area contributed by atoms with Gasteiger partial charge in [-0.1, -0.05) is 20.3 Å². The zero-order valence-electron chi connectivity index (χ0n) is 15.8. The summed E-state index contributed by atoms with van der Waals surface area (Å²) in [6.45, 7) is 4.61. The van der Waals surface area contributed by atoms with Gasteiger partial charge in [0.15, 0.2) is 0 Å². The van der Waals surface area contributed by atoms with Gasteiger partial charge in [0.25, 0.3) is 0 Å². The molecule has 0 aliphatic carbocycles. The normalized spacial score (nSPS) is 31.4. The predicted octanol–water partition coefficient (Wildman–Crippen LogP) is 0.917. The number of piperidine rings is 1. The van der Waals surface area contributed by atoms with Gasteiger partial charge in [-0.2, -0.15) is 0 Å². The summed E-state index contributed by atoms with van der Waals surface area (Å²) in [6, 6.07) is -1.37. The van der Waals surface area contributed by atoms with E-state index < -0.39 is 12.1 Å². The summed E-state index contributed by atoms with van der Waals surface area (Å²) >= 11 is 0. The third-order valence-electron chi connectivity index (χ3n) is 5.31. The van der Waals surface area contributed by atoms with Gasteiger partial charge in [-0.05, 0) is 43.9 Å². The van der Waals surface area contributed by atoms with Crippen molar-refractivity contribution in [2.75, 3.05) is 6.54 Å². The van der Waals surface area contributed by atoms with Crippen LogP contribution in [0.25, 0.3) is 0 Å². The second-order valence-corrected chi connectivity index (χ2v) is 7.93. The van der Waals surface area contributed by atoms with E-state index in [1.165, 1.54) is 0 Å². The molecule has 2 aliphatic heterocycles. The molecule has 2 aliphatic rings. The van der Waals surface area contributed by atoms with Crippen molar-refractivity contribution in [2.45, 2.75) is 70.9 Å². The van der Waals surface area contributed by atoms with E-state index in [0.717, 1.165) is 25.7 Å². The number of rotatable bonds is 3. The first-order chi connectivity index (χ1) is 12.4. The molecule has 0 spiro atoms. The van der Waals surface area contributed by atoms with Crippen LogP contribution in [0.4, 0.5) is 0 Å². The van der Waals surface area contributed by atoms with Gasteiger partial charge in [0.05, 0.1) is 6.04 Å². The summed E-state index contributed by atoms with van der Waals surface area (Å²) in [5.74, 6) is -0.373. The summed E-state index contributed by atoms with van der Waals surface area (Å²) in [4.78, 5) is 48.6. The van der Waals surface area contributed by atoms with Crippen LogP contribution in [-0.4, -0.2) is 42.6 Å². The fourth-order valence-electron chi connectivity index (χ4n) is 3.94. The molecule has 3 N–H and O–H groups in total. The van der Waals surface area contributed by atoms with E-state index in [2.05, 4.69) is 16.0 Å². The molecule has 4 atom stereocenters. The minimum absolute atomic E-state index is 0.0369. The van der Waals surface area contributed by atoms with Crippen LogP contribution in [0.1, 0.15) is 58.8 Å². The maximum absolute atomic E-state index is 12.6. The maximum Gasteiger partial charge on any atom is 0.243 e. The second kappa shape index (κ2) is 9.69. The largest absolute Gasteiger partial charge is 0.356 e. The van der Waals surface area contributed by atoms with Crippen molar-refractivity contribution in [1.29, 1.82) is 0 Å². The lowest BCUT2D eigenvalue weighted by atomic mass is 9.78. The van der Waals surface area contributed by atoms with Gasteiger partial charge in [0.1, 0.15) is 12.3 Å². The number of carbonyl (C=O) groups is 4. The lowest BCUT2D eigenvalue weighted by Gasteiger charge is -2.32. The molecule has 0 aromatic carbocycles. The lowest BCUT2D eigenvalue weighted by Crippen LogP contribution is -2.52. The molecule has 0 aromatic rings. The molecule has 0 bridgehead atoms. The number of nitrogens with one attached hydrogen (secondary N) is 3. The molecule has 2 heterocycles. The van der Waals surface area contributed by atoms with Crippen LogP contribution in [0.5, 0.6) is 0 Å². The third-order valence-corrected chi connectivity index (χ3v) is 5.31. The van der Waals surface area contributed by atoms with Gasteiger partial charge in [0, 0.05) is 18.9 Å². The molecule has 0 radical (unpaired) electrons. The average molecular weight is 365 g/mol. The number of hydrogen-bond donors (Lipinski definition) is 3. The molecule has 2 saturated heterocycles. The predicted molar refractivity (Wildman–Crippen MR) is 97.1 cm³/mol. The molecule has 0 unspecified atom stereocenters. The Morgan fingerprint density at radius 3 is 2.54 bits per heavy atom. The minimum atomic E-state index is -0.717. The van der Waals surface area contributed by atoms with Crippen molar-refractivity contribution in [1.82, 2.24) is 16.0 Å². The molecular formula is C19H31N3O4. The molecule has 3 amide bonds. The van der Waals surface area contributed by atoms with Crippen LogP contribution < -0.4 is 16.0 Å². The molecule has 7 heteroatoms. The minimum Gasteiger partial charge on any atom is -0.356 e. The monoisotopic (exact) mass is 365 g/mol. The molecule has 7 nitrogen and oxygen atoms in total. The SMILES string of the molecule is CC(C)C[C@@H]1NC(=O)CCCC[C@H]2CCNC(=O)[C@H]2C[C@@H](C=O)NC1=O. The summed E-state index contributed by atoms with van der Waals surface area (Å²) in [7, 11) is 0. The first-order valence-corrected chi connectivity index (χ1v) is 9.73. The average Bonchev–Trinajstić information content (AvgIpc) is 2.59. The number of carbonyl (C=O) groups excluding carboxylic acids is 4. The van der Waals surface area contributed by atoms with E-state index in [1.54, 1.807) is 0 Å². The molecule has 2 rings (SSSR count). The Morgan fingerprint density at radius 1 is 1.08 bits per heavy atom. The van der Waals surface area contributed by atoms with Gasteiger partial charge in [0.2, 0.25) is 17.7 Å². The van der Waals surface area contributed by atoms with E-state index in [9.17, 15) is 19.2 Å². The summed E-state index contributed by atoms with van der Waals surface area (Å²) in [5.41, 5.74) is 0. The van der Waals surface area contributed by atoms with E-state index >= 15 is 0 Å². The van der Waals surface area contributed by atoms with Crippen LogP contribution in [-0.2, 0) is 19.2 Å². The zero-order chi connectivity index (χ0) is 19.1. The van der Waals surface area contributed by atoms with Crippen molar-refractivity contribution in [3.05, 3.63) is 0 Å². The van der Waals surface area contributed by atoms with Crippen molar-refractivity contribution < 1.29 is 19.2 Å². The highest BCUT2D eigenvalue weighted by atomic mass is 16.2. The number of amides is 3. The van der Waals surface area contributed by atoms with E-state index in [4.69, 9.17) is 0 Å². The Bertz CT molecular complexity index is 535. The highest BCUT2D eigenvalue weighted by molar-refractivity contribution is 5.89. The van der Waals surface area contributed by atoms with Crippen molar-refractivity contribution >= 4 is 24.0 Å². The quantitative estimate of drug-likeness (QED) is 0.647. The fourth-order valence-corrected chi connectivity index (χ4v) is 3.94. The van der Waals surface area contributed by atoms with Gasteiger partial charge >= 0.3 is 0 Å². The van der Waals surface area contributed by atoms with Gasteiger partial charge in [-0.25, -0.2) is 0 Å². The maximum atomic E-state index is 12.6. The van der Waals surface area contributed by atoms with Gasteiger partial charge in [-0.3, -0.25) is 14.4 Å². The van der Waals surface area contributed by atoms with Crippen LogP contribution in [0.15, 0.2) is 0 Å². The second-order valence-electron chi connectivity index (χ2n) is 7.93. The van der Waals surface area contributed by atoms with E-state index in [1.807, 2.05) is 13.8 Å². The Balaban J connectivity index is 2.18. The smallest absolute Gasteiger partial charge is 0.243 e. The van der Waals surface area contributed by atoms with Crippen LogP contribution in [0.2, 0.25) is 0 Å². The topological polar surface area (TPSA) is 104 Å². The molecule has 146 valence electrons. The number of aldehydes is 1. The highest BCUT2D eigenvalue weighted by Crippen LogP contribution is 2.29. The van der Waals surface area contributed by atoms with Crippen molar-refractivity contribution in [3.63, 3.8) is 0 Å². The summed E-state index contributed by atoms with van der Waals surface area (Å²) < 4.78 is 0. The first-order valence-electron chi connectivity index (χ1n) is 9.73. The van der Waals surface area contributed by atoms with E-state index in [0.29, 0.717) is 32.1 Å². The number of fused-ring (bicyclic) bond motifs is 1. The molecule has 0 aromatic heterocycles. The Kier molecular flexibility index (Phi) is 7.60. The Labute approximate surface area is 155 Å². The van der Waals surface area contributed by atoms with Crippen molar-refractivity contribution in [2.24, 2.45) is 17.8 Å². The van der Waals surface area contributed by atoms with Crippen LogP contribution in [0, 0.1) is 17.8 Å². The van der Waals surface area contributed by atoms with Crippen LogP contribution >= 0.6 is 0 Å². The molecule has 2 fully saturated rings. The fraction of sp³-hybridized carbons (Fsp3) is 0.789. The third kappa shape index (κ3) is 5.81. The lowest BCUT2D eigenvalue weighted by molar-refractivity contribution is -0.132. The Morgan fingerprint density at radius 2 is 1.85 bits per heavy atom. The zero-order valence-corrected chi connectivity index (χ0v) is 15.8. The summed E-state index contributed by atoms with van der Waals surface area (Å²) in [5, 5.41) is 8.41. The molecule has 0 saturated carbocycles. The molecular weight excluding hydrogens is 334 g/mol. The summed E-state index contributed by atoms with van der Waals surface area (Å²) in [6.07, 6.45) is 5.24. The van der Waals surface area contributed by atoms with Gasteiger partial charge < -0.3 is 20.7 Å². The van der Waals surface area contributed by atoms with Gasteiger partial charge in [-0.15, -0.1) is 0 Å². The Hall–Kier alpha value is -1.92. The van der Waals surface area contributed by atoms with E-state index in [-0.39, 0.29) is 35.5 Å².